The van der Waals surface area contributed by atoms with Crippen molar-refractivity contribution in [3.05, 3.63) is 41.9 Å². The predicted octanol–water partition coefficient (Wildman–Crippen LogP) is 2.50. The van der Waals surface area contributed by atoms with E-state index in [1.165, 1.54) is 5.69 Å². The van der Waals surface area contributed by atoms with E-state index in [4.69, 9.17) is 9.72 Å². The number of aromatic nitrogens is 3. The van der Waals surface area contributed by atoms with E-state index in [9.17, 15) is 0 Å². The second kappa shape index (κ2) is 7.32. The van der Waals surface area contributed by atoms with Gasteiger partial charge < -0.3 is 9.64 Å². The molecule has 0 amide bonds. The number of nitrogens with zero attached hydrogens (tertiary/aromatic N) is 5. The largest absolute Gasteiger partial charge is 0.369 e. The maximum Gasteiger partial charge on any atom is 0.128 e. The molecule has 1 saturated heterocycles. The van der Waals surface area contributed by atoms with Crippen molar-refractivity contribution in [2.24, 2.45) is 0 Å². The predicted molar refractivity (Wildman–Crippen MR) is 95.1 cm³/mol. The SMILES string of the molecule is CC(C)n1nccc1CN1CCOC(c2cccc(N(C)C)n2)C1. The van der Waals surface area contributed by atoms with E-state index >= 15 is 0 Å². The van der Waals surface area contributed by atoms with Gasteiger partial charge >= 0.3 is 0 Å². The van der Waals surface area contributed by atoms with Crippen LogP contribution in [0.3, 0.4) is 0 Å². The molecular formula is C18H27N5O. The Morgan fingerprint density at radius 3 is 2.88 bits per heavy atom. The second-order valence-electron chi connectivity index (χ2n) is 6.77. The lowest BCUT2D eigenvalue weighted by Crippen LogP contribution is -2.38. The molecule has 1 unspecified atom stereocenters. The first-order valence-electron chi connectivity index (χ1n) is 8.55. The molecule has 0 saturated carbocycles. The Kier molecular flexibility index (Phi) is 5.16. The average molecular weight is 329 g/mol. The van der Waals surface area contributed by atoms with Gasteiger partial charge in [-0.25, -0.2) is 4.98 Å². The van der Waals surface area contributed by atoms with Crippen molar-refractivity contribution in [2.45, 2.75) is 32.5 Å². The van der Waals surface area contributed by atoms with Crippen LogP contribution >= 0.6 is 0 Å². The van der Waals surface area contributed by atoms with Crippen LogP contribution in [0.4, 0.5) is 5.82 Å². The first-order chi connectivity index (χ1) is 11.5. The minimum absolute atomic E-state index is 0.0223. The zero-order valence-corrected chi connectivity index (χ0v) is 15.0. The van der Waals surface area contributed by atoms with Crippen LogP contribution in [-0.2, 0) is 11.3 Å². The number of pyridine rings is 1. The van der Waals surface area contributed by atoms with Crippen molar-refractivity contribution in [1.82, 2.24) is 19.7 Å². The lowest BCUT2D eigenvalue weighted by molar-refractivity contribution is -0.0357. The molecule has 3 rings (SSSR count). The fourth-order valence-corrected chi connectivity index (χ4v) is 3.05. The van der Waals surface area contributed by atoms with Crippen molar-refractivity contribution in [1.29, 1.82) is 0 Å². The summed E-state index contributed by atoms with van der Waals surface area (Å²) >= 11 is 0. The first-order valence-corrected chi connectivity index (χ1v) is 8.55. The molecule has 0 bridgehead atoms. The summed E-state index contributed by atoms with van der Waals surface area (Å²) in [4.78, 5) is 9.17. The van der Waals surface area contributed by atoms with Crippen molar-refractivity contribution in [2.75, 3.05) is 38.7 Å². The first kappa shape index (κ1) is 16.9. The molecule has 2 aromatic rings. The van der Waals surface area contributed by atoms with Crippen LogP contribution in [0, 0.1) is 0 Å². The molecule has 0 radical (unpaired) electrons. The number of anilines is 1. The number of hydrogen-bond acceptors (Lipinski definition) is 5. The number of morpholine rings is 1. The topological polar surface area (TPSA) is 46.4 Å². The van der Waals surface area contributed by atoms with E-state index in [0.29, 0.717) is 6.04 Å². The van der Waals surface area contributed by atoms with Gasteiger partial charge in [-0.05, 0) is 32.0 Å². The monoisotopic (exact) mass is 329 g/mol. The summed E-state index contributed by atoms with van der Waals surface area (Å²) in [6.45, 7) is 7.74. The Morgan fingerprint density at radius 2 is 2.12 bits per heavy atom. The van der Waals surface area contributed by atoms with Crippen molar-refractivity contribution < 1.29 is 4.74 Å². The average Bonchev–Trinajstić information content (AvgIpc) is 3.03. The lowest BCUT2D eigenvalue weighted by Gasteiger charge is -2.33. The minimum atomic E-state index is 0.0223. The van der Waals surface area contributed by atoms with E-state index in [-0.39, 0.29) is 6.10 Å². The van der Waals surface area contributed by atoms with Gasteiger partial charge in [0.1, 0.15) is 11.9 Å². The van der Waals surface area contributed by atoms with Crippen LogP contribution in [0.15, 0.2) is 30.5 Å². The molecule has 6 nitrogen and oxygen atoms in total. The van der Waals surface area contributed by atoms with Gasteiger partial charge in [0, 0.05) is 46.0 Å². The van der Waals surface area contributed by atoms with Crippen LogP contribution in [0.1, 0.15) is 37.4 Å². The third kappa shape index (κ3) is 3.76. The van der Waals surface area contributed by atoms with Crippen LogP contribution in [0.5, 0.6) is 0 Å². The maximum absolute atomic E-state index is 5.98. The molecule has 24 heavy (non-hydrogen) atoms. The Labute approximate surface area is 144 Å². The molecule has 1 fully saturated rings. The normalized spacial score (nSPS) is 19.0. The van der Waals surface area contributed by atoms with Gasteiger partial charge in [0.25, 0.3) is 0 Å². The molecule has 3 heterocycles. The summed E-state index contributed by atoms with van der Waals surface area (Å²) in [7, 11) is 4.01. The number of hydrogen-bond donors (Lipinski definition) is 0. The van der Waals surface area contributed by atoms with Crippen molar-refractivity contribution >= 4 is 5.82 Å². The van der Waals surface area contributed by atoms with Gasteiger partial charge in [0.05, 0.1) is 18.0 Å². The molecule has 0 N–H and O–H groups in total. The molecule has 130 valence electrons. The molecule has 0 aromatic carbocycles. The van der Waals surface area contributed by atoms with Crippen LogP contribution < -0.4 is 4.90 Å². The number of ether oxygens (including phenoxy) is 1. The van der Waals surface area contributed by atoms with E-state index in [0.717, 1.165) is 37.8 Å². The van der Waals surface area contributed by atoms with Crippen LogP contribution in [0.25, 0.3) is 0 Å². The fourth-order valence-electron chi connectivity index (χ4n) is 3.05. The van der Waals surface area contributed by atoms with Crippen molar-refractivity contribution in [3.63, 3.8) is 0 Å². The van der Waals surface area contributed by atoms with E-state index < -0.39 is 0 Å². The highest BCUT2D eigenvalue weighted by molar-refractivity contribution is 5.37. The number of rotatable bonds is 5. The summed E-state index contributed by atoms with van der Waals surface area (Å²) in [6.07, 6.45) is 1.91. The van der Waals surface area contributed by atoms with E-state index in [1.807, 2.05) is 37.3 Å². The lowest BCUT2D eigenvalue weighted by atomic mass is 10.1. The fraction of sp³-hybridized carbons (Fsp3) is 0.556. The summed E-state index contributed by atoms with van der Waals surface area (Å²) in [5.41, 5.74) is 2.25. The van der Waals surface area contributed by atoms with Gasteiger partial charge in [-0.15, -0.1) is 0 Å². The molecule has 1 aliphatic heterocycles. The molecular weight excluding hydrogens is 302 g/mol. The van der Waals surface area contributed by atoms with Crippen LogP contribution in [0.2, 0.25) is 0 Å². The van der Waals surface area contributed by atoms with Crippen LogP contribution in [-0.4, -0.2) is 53.5 Å². The third-order valence-corrected chi connectivity index (χ3v) is 4.32. The Hall–Kier alpha value is -1.92. The Bertz CT molecular complexity index is 667. The molecule has 2 aromatic heterocycles. The molecule has 0 aliphatic carbocycles. The second-order valence-corrected chi connectivity index (χ2v) is 6.77. The zero-order chi connectivity index (χ0) is 17.1. The zero-order valence-electron chi connectivity index (χ0n) is 15.0. The van der Waals surface area contributed by atoms with Crippen molar-refractivity contribution in [3.8, 4) is 0 Å². The summed E-state index contributed by atoms with van der Waals surface area (Å²) < 4.78 is 8.07. The highest BCUT2D eigenvalue weighted by Gasteiger charge is 2.24. The third-order valence-electron chi connectivity index (χ3n) is 4.32. The minimum Gasteiger partial charge on any atom is -0.369 e. The maximum atomic E-state index is 5.98. The summed E-state index contributed by atoms with van der Waals surface area (Å²) in [6, 6.07) is 8.61. The Balaban J connectivity index is 1.70. The van der Waals surface area contributed by atoms with Gasteiger partial charge in [0.15, 0.2) is 0 Å². The van der Waals surface area contributed by atoms with Gasteiger partial charge in [-0.1, -0.05) is 6.07 Å². The van der Waals surface area contributed by atoms with Gasteiger partial charge in [0.2, 0.25) is 0 Å². The highest BCUT2D eigenvalue weighted by Crippen LogP contribution is 2.23. The van der Waals surface area contributed by atoms with Gasteiger partial charge in [-0.3, -0.25) is 9.58 Å². The quantitative estimate of drug-likeness (QED) is 0.843. The van der Waals surface area contributed by atoms with Gasteiger partial charge in [-0.2, -0.15) is 5.10 Å². The standard InChI is InChI=1S/C18H27N5O/c1-14(2)23-15(8-9-19-23)12-22-10-11-24-17(13-22)16-6-5-7-18(20-16)21(3)4/h5-9,14,17H,10-13H2,1-4H3. The molecule has 1 aliphatic rings. The molecule has 6 heteroatoms. The van der Waals surface area contributed by atoms with E-state index in [1.54, 1.807) is 0 Å². The highest BCUT2D eigenvalue weighted by atomic mass is 16.5. The summed E-state index contributed by atoms with van der Waals surface area (Å²) in [5.74, 6) is 0.964. The van der Waals surface area contributed by atoms with E-state index in [2.05, 4.69) is 40.7 Å². The Morgan fingerprint density at radius 1 is 1.29 bits per heavy atom. The molecule has 1 atom stereocenters. The smallest absolute Gasteiger partial charge is 0.128 e. The molecule has 0 spiro atoms. The summed E-state index contributed by atoms with van der Waals surface area (Å²) in [5, 5.41) is 4.43.